The minimum atomic E-state index is -0.509. The molecule has 5 aromatic carbocycles. The number of benzene rings is 5. The molecule has 0 fully saturated rings. The molecule has 3 amide bonds. The van der Waals surface area contributed by atoms with Crippen LogP contribution in [0.1, 0.15) is 32.3 Å². The molecule has 0 aliphatic carbocycles. The molecule has 0 aromatic heterocycles. The first-order chi connectivity index (χ1) is 22.4. The van der Waals surface area contributed by atoms with Crippen molar-refractivity contribution in [3.63, 3.8) is 0 Å². The van der Waals surface area contributed by atoms with Crippen molar-refractivity contribution >= 4 is 46.9 Å². The Morgan fingerprint density at radius 1 is 0.717 bits per heavy atom. The highest BCUT2D eigenvalue weighted by atomic mass is 32.2. The van der Waals surface area contributed by atoms with Crippen LogP contribution >= 0.6 is 11.8 Å². The number of thioether (sulfide) groups is 1. The third-order valence-corrected chi connectivity index (χ3v) is 8.34. The zero-order valence-corrected chi connectivity index (χ0v) is 26.2. The van der Waals surface area contributed by atoms with Gasteiger partial charge in [-0.2, -0.15) is 0 Å². The standard InChI is InChI=1S/C38H33N3O4S/c1-26-13-9-11-19-32(26)40-38(44)35(27-14-5-3-6-15-27)46-31-23-21-30(22-24-31)39-37(43)33(25-29-18-10-12-20-34(29)45-2)41-36(42)28-16-7-4-8-17-28/h3-25,35H,1-2H3,(H,39,43)(H,40,44)(H,41,42)/b33-25-. The molecule has 7 nitrogen and oxygen atoms in total. The summed E-state index contributed by atoms with van der Waals surface area (Å²) in [4.78, 5) is 40.9. The van der Waals surface area contributed by atoms with Gasteiger partial charge in [-0.15, -0.1) is 11.8 Å². The second-order valence-electron chi connectivity index (χ2n) is 10.3. The SMILES string of the molecule is COc1ccccc1/C=C(\NC(=O)c1ccccc1)C(=O)Nc1ccc(SC(C(=O)Nc2ccccc2C)c2ccccc2)cc1. The van der Waals surface area contributed by atoms with Crippen LogP contribution in [-0.2, 0) is 9.59 Å². The minimum absolute atomic E-state index is 0.0498. The zero-order valence-electron chi connectivity index (χ0n) is 25.4. The highest BCUT2D eigenvalue weighted by Crippen LogP contribution is 2.37. The average Bonchev–Trinajstić information content (AvgIpc) is 3.09. The molecule has 3 N–H and O–H groups in total. The van der Waals surface area contributed by atoms with Gasteiger partial charge < -0.3 is 20.7 Å². The van der Waals surface area contributed by atoms with Gasteiger partial charge in [0.2, 0.25) is 5.91 Å². The Morgan fingerprint density at radius 2 is 1.35 bits per heavy atom. The van der Waals surface area contributed by atoms with Gasteiger partial charge in [0.1, 0.15) is 16.7 Å². The highest BCUT2D eigenvalue weighted by molar-refractivity contribution is 8.00. The first kappa shape index (κ1) is 31.8. The van der Waals surface area contributed by atoms with E-state index < -0.39 is 17.1 Å². The molecule has 0 saturated heterocycles. The number of ether oxygens (including phenoxy) is 1. The molecule has 230 valence electrons. The lowest BCUT2D eigenvalue weighted by atomic mass is 10.1. The van der Waals surface area contributed by atoms with Gasteiger partial charge in [0.05, 0.1) is 7.11 Å². The van der Waals surface area contributed by atoms with Gasteiger partial charge in [-0.25, -0.2) is 0 Å². The Morgan fingerprint density at radius 3 is 2.04 bits per heavy atom. The van der Waals surface area contributed by atoms with Crippen LogP contribution in [0.4, 0.5) is 11.4 Å². The number of amides is 3. The number of rotatable bonds is 11. The molecule has 0 heterocycles. The van der Waals surface area contributed by atoms with E-state index in [1.807, 2.05) is 91.9 Å². The summed E-state index contributed by atoms with van der Waals surface area (Å²) in [6.07, 6.45) is 1.58. The molecule has 0 aliphatic heterocycles. The Kier molecular flexibility index (Phi) is 10.7. The number of methoxy groups -OCH3 is 1. The van der Waals surface area contributed by atoms with E-state index in [0.717, 1.165) is 21.7 Å². The van der Waals surface area contributed by atoms with Crippen LogP contribution in [0.2, 0.25) is 0 Å². The fourth-order valence-corrected chi connectivity index (χ4v) is 5.67. The fourth-order valence-electron chi connectivity index (χ4n) is 4.65. The Hall–Kier alpha value is -5.60. The Bertz CT molecular complexity index is 1840. The number of hydrogen-bond donors (Lipinski definition) is 3. The van der Waals surface area contributed by atoms with E-state index in [-0.39, 0.29) is 11.6 Å². The summed E-state index contributed by atoms with van der Waals surface area (Å²) < 4.78 is 5.45. The number of para-hydroxylation sites is 2. The zero-order chi connectivity index (χ0) is 32.3. The van der Waals surface area contributed by atoms with Crippen molar-refractivity contribution in [3.05, 3.63) is 161 Å². The maximum absolute atomic E-state index is 13.5. The molecule has 0 radical (unpaired) electrons. The summed E-state index contributed by atoms with van der Waals surface area (Å²) in [5.41, 5.74) is 4.24. The molecule has 46 heavy (non-hydrogen) atoms. The largest absolute Gasteiger partial charge is 0.496 e. The van der Waals surface area contributed by atoms with Crippen LogP contribution in [0.15, 0.2) is 144 Å². The molecule has 5 aromatic rings. The predicted octanol–water partition coefficient (Wildman–Crippen LogP) is 7.89. The van der Waals surface area contributed by atoms with Crippen LogP contribution < -0.4 is 20.7 Å². The molecule has 0 spiro atoms. The van der Waals surface area contributed by atoms with E-state index in [0.29, 0.717) is 22.6 Å². The van der Waals surface area contributed by atoms with Crippen molar-refractivity contribution in [2.24, 2.45) is 0 Å². The molecule has 0 saturated carbocycles. The Balaban J connectivity index is 1.34. The van der Waals surface area contributed by atoms with Crippen molar-refractivity contribution in [2.75, 3.05) is 17.7 Å². The number of anilines is 2. The van der Waals surface area contributed by atoms with Crippen LogP contribution in [-0.4, -0.2) is 24.8 Å². The van der Waals surface area contributed by atoms with Crippen molar-refractivity contribution < 1.29 is 19.1 Å². The monoisotopic (exact) mass is 627 g/mol. The lowest BCUT2D eigenvalue weighted by Crippen LogP contribution is -2.30. The first-order valence-electron chi connectivity index (χ1n) is 14.6. The topological polar surface area (TPSA) is 96.5 Å². The number of nitrogens with one attached hydrogen (secondary N) is 3. The van der Waals surface area contributed by atoms with Crippen molar-refractivity contribution in [1.29, 1.82) is 0 Å². The third-order valence-electron chi connectivity index (χ3n) is 7.08. The predicted molar refractivity (Wildman–Crippen MR) is 185 cm³/mol. The molecule has 1 atom stereocenters. The van der Waals surface area contributed by atoms with Gasteiger partial charge in [0, 0.05) is 27.4 Å². The second kappa shape index (κ2) is 15.4. The van der Waals surface area contributed by atoms with E-state index in [1.165, 1.54) is 11.8 Å². The summed E-state index contributed by atoms with van der Waals surface area (Å²) in [6.45, 7) is 1.96. The number of carbonyl (C=O) groups excluding carboxylic acids is 3. The second-order valence-corrected chi connectivity index (χ2v) is 11.5. The quantitative estimate of drug-likeness (QED) is 0.102. The van der Waals surface area contributed by atoms with Crippen molar-refractivity contribution in [3.8, 4) is 5.75 Å². The van der Waals surface area contributed by atoms with Crippen LogP contribution in [0, 0.1) is 6.92 Å². The van der Waals surface area contributed by atoms with Crippen LogP contribution in [0.5, 0.6) is 5.75 Å². The number of aryl methyl sites for hydroxylation is 1. The number of carbonyl (C=O) groups is 3. The average molecular weight is 628 g/mol. The maximum Gasteiger partial charge on any atom is 0.272 e. The molecule has 0 aliphatic rings. The lowest BCUT2D eigenvalue weighted by molar-refractivity contribution is -0.116. The van der Waals surface area contributed by atoms with E-state index in [9.17, 15) is 14.4 Å². The summed E-state index contributed by atoms with van der Waals surface area (Å²) >= 11 is 1.41. The maximum atomic E-state index is 13.5. The lowest BCUT2D eigenvalue weighted by Gasteiger charge is -2.18. The van der Waals surface area contributed by atoms with Gasteiger partial charge in [0.15, 0.2) is 0 Å². The van der Waals surface area contributed by atoms with Crippen molar-refractivity contribution in [1.82, 2.24) is 5.32 Å². The van der Waals surface area contributed by atoms with Gasteiger partial charge >= 0.3 is 0 Å². The molecule has 0 bridgehead atoms. The van der Waals surface area contributed by atoms with E-state index in [2.05, 4.69) is 16.0 Å². The van der Waals surface area contributed by atoms with Crippen molar-refractivity contribution in [2.45, 2.75) is 17.1 Å². The van der Waals surface area contributed by atoms with E-state index in [4.69, 9.17) is 4.74 Å². The third kappa shape index (κ3) is 8.31. The molecule has 1 unspecified atom stereocenters. The highest BCUT2D eigenvalue weighted by Gasteiger charge is 2.23. The van der Waals surface area contributed by atoms with Gasteiger partial charge in [-0.05, 0) is 72.7 Å². The minimum Gasteiger partial charge on any atom is -0.496 e. The summed E-state index contributed by atoms with van der Waals surface area (Å²) in [7, 11) is 1.54. The summed E-state index contributed by atoms with van der Waals surface area (Å²) in [5, 5.41) is 8.19. The molecule has 5 rings (SSSR count). The van der Waals surface area contributed by atoms with Crippen LogP contribution in [0.25, 0.3) is 6.08 Å². The normalized spacial score (nSPS) is 11.7. The fraction of sp³-hybridized carbons (Fsp3) is 0.0789. The first-order valence-corrected chi connectivity index (χ1v) is 15.5. The molecular weight excluding hydrogens is 595 g/mol. The van der Waals surface area contributed by atoms with Gasteiger partial charge in [-0.3, -0.25) is 14.4 Å². The van der Waals surface area contributed by atoms with Gasteiger partial charge in [0.25, 0.3) is 11.8 Å². The summed E-state index contributed by atoms with van der Waals surface area (Å²) in [6, 6.07) is 40.4. The van der Waals surface area contributed by atoms with E-state index >= 15 is 0 Å². The molecule has 8 heteroatoms. The summed E-state index contributed by atoms with van der Waals surface area (Å²) in [5.74, 6) is -0.499. The molecular formula is C38H33N3O4S. The van der Waals surface area contributed by atoms with Crippen LogP contribution in [0.3, 0.4) is 0 Å². The van der Waals surface area contributed by atoms with E-state index in [1.54, 1.807) is 61.7 Å². The Labute approximate surface area is 272 Å². The van der Waals surface area contributed by atoms with Gasteiger partial charge in [-0.1, -0.05) is 84.9 Å². The smallest absolute Gasteiger partial charge is 0.272 e. The number of hydrogen-bond acceptors (Lipinski definition) is 5.